The van der Waals surface area contributed by atoms with Crippen molar-refractivity contribution < 1.29 is 4.74 Å². The molecule has 1 aliphatic rings. The first-order valence-electron chi connectivity index (χ1n) is 6.78. The Labute approximate surface area is 118 Å². The minimum absolute atomic E-state index is 0.489. The lowest BCUT2D eigenvalue weighted by atomic mass is 10.1. The third-order valence-corrected chi connectivity index (χ3v) is 4.11. The number of fused-ring (bicyclic) bond motifs is 1. The molecule has 1 aromatic heterocycles. The van der Waals surface area contributed by atoms with E-state index in [1.54, 1.807) is 7.11 Å². The van der Waals surface area contributed by atoms with Crippen molar-refractivity contribution in [2.45, 2.75) is 0 Å². The van der Waals surface area contributed by atoms with E-state index in [0.717, 1.165) is 53.0 Å². The van der Waals surface area contributed by atoms with Gasteiger partial charge in [0, 0.05) is 24.5 Å². The van der Waals surface area contributed by atoms with Crippen molar-refractivity contribution in [3.63, 3.8) is 0 Å². The average Bonchev–Trinajstić information content (AvgIpc) is 2.47. The van der Waals surface area contributed by atoms with Crippen LogP contribution in [-0.4, -0.2) is 50.3 Å². The van der Waals surface area contributed by atoms with E-state index in [-0.39, 0.29) is 0 Å². The lowest BCUT2D eigenvalue weighted by Gasteiger charge is -2.38. The quantitative estimate of drug-likeness (QED) is 0.791. The second kappa shape index (κ2) is 4.88. The van der Waals surface area contributed by atoms with Gasteiger partial charge in [-0.1, -0.05) is 0 Å². The van der Waals surface area contributed by atoms with Crippen LogP contribution in [-0.2, 0) is 0 Å². The van der Waals surface area contributed by atoms with Gasteiger partial charge in [-0.05, 0) is 6.07 Å². The molecule has 106 valence electrons. The summed E-state index contributed by atoms with van der Waals surface area (Å²) in [5.74, 6) is 1.34. The molecule has 0 amide bonds. The van der Waals surface area contributed by atoms with Crippen molar-refractivity contribution in [1.82, 2.24) is 19.8 Å². The summed E-state index contributed by atoms with van der Waals surface area (Å²) in [6.45, 7) is 4.07. The van der Waals surface area contributed by atoms with Crippen LogP contribution in [0.1, 0.15) is 0 Å². The smallest absolute Gasteiger partial charge is 0.180 e. The number of likely N-dealkylation sites (N-methyl/N-ethyl adjacent to an activating group) is 1. The fourth-order valence-corrected chi connectivity index (χ4v) is 2.81. The number of ether oxygens (including phenoxy) is 1. The van der Waals surface area contributed by atoms with E-state index >= 15 is 0 Å². The Morgan fingerprint density at radius 3 is 2.70 bits per heavy atom. The summed E-state index contributed by atoms with van der Waals surface area (Å²) in [6, 6.07) is 4.03. The molecule has 0 atom stereocenters. The highest BCUT2D eigenvalue weighted by Crippen LogP contribution is 2.37. The fraction of sp³-hybridized carbons (Fsp3) is 0.429. The van der Waals surface area contributed by atoms with Gasteiger partial charge in [-0.25, -0.2) is 9.97 Å². The number of nitrogens with one attached hydrogen (secondary N) is 1. The van der Waals surface area contributed by atoms with E-state index in [0.29, 0.717) is 5.82 Å². The van der Waals surface area contributed by atoms with Crippen LogP contribution in [0.2, 0.25) is 0 Å². The minimum atomic E-state index is 0.489. The molecule has 1 fully saturated rings. The van der Waals surface area contributed by atoms with Gasteiger partial charge in [-0.3, -0.25) is 4.48 Å². The molecule has 1 saturated heterocycles. The van der Waals surface area contributed by atoms with Crippen molar-refractivity contribution in [2.75, 3.05) is 46.1 Å². The maximum absolute atomic E-state index is 5.92. The second-order valence-electron chi connectivity index (χ2n) is 5.39. The molecular formula is C14H20N5O+. The SMILES string of the molecule is COc1cc2c(N)ncnc2cc1[N+]1(C)CCNCC1. The molecular weight excluding hydrogens is 254 g/mol. The number of nitrogens with zero attached hydrogens (tertiary/aromatic N) is 3. The standard InChI is InChI=1S/C14H20N5O/c1-19(5-3-16-4-6-19)12-8-11-10(7-13(12)20-2)14(15)18-9-17-11/h7-9,16H,3-6H2,1-2H3,(H2,15,17,18)/q+1. The van der Waals surface area contributed by atoms with Crippen LogP contribution in [0.5, 0.6) is 5.75 Å². The van der Waals surface area contributed by atoms with Gasteiger partial charge in [-0.15, -0.1) is 0 Å². The number of rotatable bonds is 2. The Hall–Kier alpha value is -1.92. The molecule has 3 N–H and O–H groups in total. The Balaban J connectivity index is 2.19. The molecule has 0 radical (unpaired) electrons. The van der Waals surface area contributed by atoms with Crippen LogP contribution >= 0.6 is 0 Å². The van der Waals surface area contributed by atoms with Gasteiger partial charge in [-0.2, -0.15) is 0 Å². The van der Waals surface area contributed by atoms with Crippen LogP contribution in [0.3, 0.4) is 0 Å². The number of benzene rings is 1. The van der Waals surface area contributed by atoms with E-state index in [2.05, 4.69) is 28.4 Å². The van der Waals surface area contributed by atoms with E-state index in [4.69, 9.17) is 10.5 Å². The van der Waals surface area contributed by atoms with Crippen LogP contribution in [0.4, 0.5) is 11.5 Å². The van der Waals surface area contributed by atoms with Crippen molar-refractivity contribution in [2.24, 2.45) is 0 Å². The summed E-state index contributed by atoms with van der Waals surface area (Å²) in [5, 5.41) is 4.23. The lowest BCUT2D eigenvalue weighted by molar-refractivity contribution is 0.278. The molecule has 1 aliphatic heterocycles. The molecule has 0 unspecified atom stereocenters. The highest BCUT2D eigenvalue weighted by atomic mass is 16.5. The Morgan fingerprint density at radius 2 is 2.00 bits per heavy atom. The highest BCUT2D eigenvalue weighted by Gasteiger charge is 2.31. The minimum Gasteiger partial charge on any atom is -0.491 e. The predicted octanol–water partition coefficient (Wildman–Crippen LogP) is 0.761. The van der Waals surface area contributed by atoms with Crippen molar-refractivity contribution in [1.29, 1.82) is 0 Å². The summed E-state index contributed by atoms with van der Waals surface area (Å²) in [4.78, 5) is 8.37. The third kappa shape index (κ3) is 2.07. The second-order valence-corrected chi connectivity index (χ2v) is 5.39. The van der Waals surface area contributed by atoms with E-state index in [1.165, 1.54) is 6.33 Å². The first-order chi connectivity index (χ1) is 9.64. The van der Waals surface area contributed by atoms with Crippen LogP contribution < -0.4 is 20.3 Å². The van der Waals surface area contributed by atoms with Crippen molar-refractivity contribution >= 4 is 22.4 Å². The van der Waals surface area contributed by atoms with Gasteiger partial charge in [0.1, 0.15) is 12.1 Å². The van der Waals surface area contributed by atoms with Gasteiger partial charge in [0.2, 0.25) is 0 Å². The zero-order chi connectivity index (χ0) is 14.2. The van der Waals surface area contributed by atoms with Gasteiger partial charge < -0.3 is 15.8 Å². The summed E-state index contributed by atoms with van der Waals surface area (Å²) in [6.07, 6.45) is 1.51. The van der Waals surface area contributed by atoms with Crippen molar-refractivity contribution in [3.8, 4) is 5.75 Å². The number of quaternary nitrogens is 1. The van der Waals surface area contributed by atoms with Gasteiger partial charge >= 0.3 is 0 Å². The molecule has 0 bridgehead atoms. The van der Waals surface area contributed by atoms with Gasteiger partial charge in [0.05, 0.1) is 32.8 Å². The number of aromatic nitrogens is 2. The van der Waals surface area contributed by atoms with E-state index in [9.17, 15) is 0 Å². The Kier molecular flexibility index (Phi) is 3.19. The first kappa shape index (κ1) is 13.1. The largest absolute Gasteiger partial charge is 0.491 e. The molecule has 3 rings (SSSR count). The number of methoxy groups -OCH3 is 1. The number of anilines is 1. The average molecular weight is 274 g/mol. The first-order valence-corrected chi connectivity index (χ1v) is 6.78. The topological polar surface area (TPSA) is 73.1 Å². The van der Waals surface area contributed by atoms with Crippen molar-refractivity contribution in [3.05, 3.63) is 18.5 Å². The Morgan fingerprint density at radius 1 is 1.25 bits per heavy atom. The van der Waals surface area contributed by atoms with Gasteiger partial charge in [0.25, 0.3) is 0 Å². The molecule has 20 heavy (non-hydrogen) atoms. The molecule has 6 heteroatoms. The summed E-state index contributed by atoms with van der Waals surface area (Å²) >= 11 is 0. The number of nitrogen functional groups attached to an aromatic ring is 1. The van der Waals surface area contributed by atoms with Gasteiger partial charge in [0.15, 0.2) is 11.4 Å². The summed E-state index contributed by atoms with van der Waals surface area (Å²) in [5.41, 5.74) is 7.94. The predicted molar refractivity (Wildman–Crippen MR) is 80.8 cm³/mol. The van der Waals surface area contributed by atoms with Crippen LogP contribution in [0.15, 0.2) is 18.5 Å². The molecule has 0 aliphatic carbocycles. The normalized spacial score (nSPS) is 18.1. The number of nitrogens with two attached hydrogens (primary N) is 1. The monoisotopic (exact) mass is 274 g/mol. The zero-order valence-electron chi connectivity index (χ0n) is 11.9. The molecule has 0 spiro atoms. The maximum atomic E-state index is 5.92. The molecule has 2 aromatic rings. The number of piperazine rings is 1. The van der Waals surface area contributed by atoms with E-state index < -0.39 is 0 Å². The molecule has 0 saturated carbocycles. The highest BCUT2D eigenvalue weighted by molar-refractivity contribution is 5.92. The maximum Gasteiger partial charge on any atom is 0.180 e. The lowest BCUT2D eigenvalue weighted by Crippen LogP contribution is -2.57. The number of hydrogen-bond donors (Lipinski definition) is 2. The Bertz CT molecular complexity index is 637. The molecule has 2 heterocycles. The van der Waals surface area contributed by atoms with E-state index in [1.807, 2.05) is 6.07 Å². The fourth-order valence-electron chi connectivity index (χ4n) is 2.81. The number of hydrogen-bond acceptors (Lipinski definition) is 5. The molecule has 1 aromatic carbocycles. The molecule has 6 nitrogen and oxygen atoms in total. The third-order valence-electron chi connectivity index (χ3n) is 4.11. The van der Waals surface area contributed by atoms with Crippen LogP contribution in [0, 0.1) is 0 Å². The summed E-state index contributed by atoms with van der Waals surface area (Å²) in [7, 11) is 3.92. The zero-order valence-corrected chi connectivity index (χ0v) is 11.9. The summed E-state index contributed by atoms with van der Waals surface area (Å²) < 4.78 is 6.42. The van der Waals surface area contributed by atoms with Crippen LogP contribution in [0.25, 0.3) is 10.9 Å².